The Morgan fingerprint density at radius 2 is 1.70 bits per heavy atom. The first-order chi connectivity index (χ1) is 4.09. The zero-order valence-electron chi connectivity index (χ0n) is 4.47. The maximum atomic E-state index is 9.82. The zero-order chi connectivity index (χ0) is 7.44. The average molecular weight is 196 g/mol. The van der Waals surface area contributed by atoms with Crippen LogP contribution >= 0.6 is 7.68 Å². The second kappa shape index (κ2) is 6.73. The van der Waals surface area contributed by atoms with Crippen LogP contribution in [0.2, 0.25) is 0 Å². The summed E-state index contributed by atoms with van der Waals surface area (Å²) < 4.78 is 19.6. The summed E-state index contributed by atoms with van der Waals surface area (Å²) in [5.41, 5.74) is 0. The normalized spacial score (nSPS) is 15.1. The minimum atomic E-state index is -3.06. The van der Waals surface area contributed by atoms with Gasteiger partial charge in [0, 0.05) is 0 Å². The molecule has 3 N–H and O–H groups in total. The van der Waals surface area contributed by atoms with Gasteiger partial charge in [0.25, 0.3) is 0 Å². The zero-order valence-corrected chi connectivity index (χ0v) is 5.36. The van der Waals surface area contributed by atoms with Crippen LogP contribution < -0.4 is 0 Å². The third-order valence-corrected chi connectivity index (χ3v) is 1.52. The van der Waals surface area contributed by atoms with Gasteiger partial charge in [0.15, 0.2) is 5.85 Å². The second-order valence-corrected chi connectivity index (χ2v) is 2.55. The Kier molecular flexibility index (Phi) is 9.17. The minimum absolute atomic E-state index is 0. The van der Waals surface area contributed by atoms with E-state index in [9.17, 15) is 9.13 Å². The Hall–Kier alpha value is 1.04. The SMILES string of the molecule is O=P(=O)C(O)C(O)CO.[CaH2]. The number of aliphatic hydroxyl groups is 3. The van der Waals surface area contributed by atoms with Gasteiger partial charge in [-0.1, -0.05) is 0 Å². The van der Waals surface area contributed by atoms with Crippen LogP contribution in [0.15, 0.2) is 0 Å². The summed E-state index contributed by atoms with van der Waals surface area (Å²) in [5.74, 6) is -1.86. The first kappa shape index (κ1) is 13.6. The summed E-state index contributed by atoms with van der Waals surface area (Å²) in [4.78, 5) is 0. The number of hydrogen-bond acceptors (Lipinski definition) is 5. The van der Waals surface area contributed by atoms with Crippen molar-refractivity contribution in [3.8, 4) is 0 Å². The first-order valence-electron chi connectivity index (χ1n) is 2.20. The van der Waals surface area contributed by atoms with Crippen molar-refractivity contribution in [3.05, 3.63) is 0 Å². The molecule has 0 aromatic carbocycles. The summed E-state index contributed by atoms with van der Waals surface area (Å²) in [6.45, 7) is -0.759. The van der Waals surface area contributed by atoms with Crippen LogP contribution in [0.3, 0.4) is 0 Å². The van der Waals surface area contributed by atoms with Crippen LogP contribution in [0.1, 0.15) is 0 Å². The molecule has 58 valence electrons. The van der Waals surface area contributed by atoms with Gasteiger partial charge in [-0.25, -0.2) is 9.13 Å². The molecule has 0 aliphatic carbocycles. The van der Waals surface area contributed by atoms with Gasteiger partial charge in [-0.2, -0.15) is 0 Å². The number of rotatable bonds is 3. The van der Waals surface area contributed by atoms with Gasteiger partial charge < -0.3 is 15.3 Å². The molecule has 0 bridgehead atoms. The summed E-state index contributed by atoms with van der Waals surface area (Å²) in [6.07, 6.45) is -1.59. The fraction of sp³-hybridized carbons (Fsp3) is 1.00. The van der Waals surface area contributed by atoms with Gasteiger partial charge in [0.2, 0.25) is 0 Å². The Balaban J connectivity index is 0. The van der Waals surface area contributed by atoms with Crippen molar-refractivity contribution in [2.75, 3.05) is 6.61 Å². The van der Waals surface area contributed by atoms with Crippen molar-refractivity contribution in [2.24, 2.45) is 0 Å². The van der Waals surface area contributed by atoms with Crippen LogP contribution in [-0.2, 0) is 9.13 Å². The van der Waals surface area contributed by atoms with Crippen LogP contribution in [0.25, 0.3) is 0 Å². The van der Waals surface area contributed by atoms with Gasteiger partial charge in [-0.05, 0) is 0 Å². The van der Waals surface area contributed by atoms with E-state index in [-0.39, 0.29) is 37.7 Å². The first-order valence-corrected chi connectivity index (χ1v) is 3.44. The molecule has 0 aromatic heterocycles. The predicted octanol–water partition coefficient (Wildman–Crippen LogP) is -2.09. The molecular formula is C3H9CaO5P. The predicted molar refractivity (Wildman–Crippen MR) is 35.9 cm³/mol. The fourth-order valence-corrected chi connectivity index (χ4v) is 0.610. The molecule has 0 amide bonds. The van der Waals surface area contributed by atoms with E-state index < -0.39 is 26.2 Å². The van der Waals surface area contributed by atoms with Crippen molar-refractivity contribution in [1.82, 2.24) is 0 Å². The van der Waals surface area contributed by atoms with Crippen molar-refractivity contribution in [1.29, 1.82) is 0 Å². The van der Waals surface area contributed by atoms with Gasteiger partial charge >= 0.3 is 45.4 Å². The van der Waals surface area contributed by atoms with Crippen LogP contribution in [0, 0.1) is 0 Å². The van der Waals surface area contributed by atoms with Crippen LogP contribution in [-0.4, -0.2) is 71.6 Å². The van der Waals surface area contributed by atoms with Gasteiger partial charge in [0.1, 0.15) is 6.10 Å². The molecule has 0 rings (SSSR count). The molecule has 0 spiro atoms. The van der Waals surface area contributed by atoms with Crippen molar-refractivity contribution in [3.63, 3.8) is 0 Å². The van der Waals surface area contributed by atoms with E-state index in [0.717, 1.165) is 0 Å². The van der Waals surface area contributed by atoms with E-state index in [1.807, 2.05) is 0 Å². The molecule has 5 nitrogen and oxygen atoms in total. The molecule has 0 aromatic rings. The molecule has 0 saturated heterocycles. The molecule has 0 aliphatic rings. The van der Waals surface area contributed by atoms with Gasteiger partial charge in [-0.3, -0.25) is 0 Å². The number of aliphatic hydroxyl groups excluding tert-OH is 3. The molecule has 2 atom stereocenters. The van der Waals surface area contributed by atoms with E-state index in [2.05, 4.69) is 0 Å². The van der Waals surface area contributed by atoms with E-state index in [1.165, 1.54) is 0 Å². The Morgan fingerprint density at radius 3 is 1.80 bits per heavy atom. The Morgan fingerprint density at radius 1 is 1.30 bits per heavy atom. The molecule has 2 unspecified atom stereocenters. The molecule has 0 saturated carbocycles. The molecule has 0 radical (unpaired) electrons. The molecular weight excluding hydrogens is 187 g/mol. The molecule has 7 heteroatoms. The third kappa shape index (κ3) is 4.79. The topological polar surface area (TPSA) is 94.8 Å². The Labute approximate surface area is 87.9 Å². The van der Waals surface area contributed by atoms with Crippen molar-refractivity contribution >= 4 is 45.4 Å². The van der Waals surface area contributed by atoms with Crippen LogP contribution in [0.5, 0.6) is 0 Å². The summed E-state index contributed by atoms with van der Waals surface area (Å²) in [7, 11) is -3.06. The summed E-state index contributed by atoms with van der Waals surface area (Å²) in [6, 6.07) is 0. The monoisotopic (exact) mass is 196 g/mol. The summed E-state index contributed by atoms with van der Waals surface area (Å²) >= 11 is 0. The Bertz CT molecular complexity index is 138. The quantitative estimate of drug-likeness (QED) is 0.355. The molecule has 0 heterocycles. The van der Waals surface area contributed by atoms with Gasteiger partial charge in [-0.15, -0.1) is 0 Å². The standard InChI is InChI=1S/C3H7O5P.Ca.2H/c4-1-2(5)3(6)9(7)8;;;/h2-6H,1H2;;;. The maximum absolute atomic E-state index is 9.82. The summed E-state index contributed by atoms with van der Waals surface area (Å²) in [5, 5.41) is 24.9. The third-order valence-electron chi connectivity index (χ3n) is 0.747. The molecule has 0 fully saturated rings. The van der Waals surface area contributed by atoms with E-state index >= 15 is 0 Å². The van der Waals surface area contributed by atoms with E-state index in [4.69, 9.17) is 15.3 Å². The van der Waals surface area contributed by atoms with Crippen molar-refractivity contribution < 1.29 is 24.4 Å². The molecule has 0 aliphatic heterocycles. The average Bonchev–Trinajstić information content (AvgIpc) is 1.84. The van der Waals surface area contributed by atoms with Gasteiger partial charge in [0.05, 0.1) is 6.61 Å². The van der Waals surface area contributed by atoms with Crippen molar-refractivity contribution in [2.45, 2.75) is 11.9 Å². The fourth-order valence-electron chi connectivity index (χ4n) is 0.235. The second-order valence-electron chi connectivity index (χ2n) is 1.45. The van der Waals surface area contributed by atoms with E-state index in [0.29, 0.717) is 0 Å². The molecule has 10 heavy (non-hydrogen) atoms. The van der Waals surface area contributed by atoms with E-state index in [1.54, 1.807) is 0 Å². The van der Waals surface area contributed by atoms with Crippen LogP contribution in [0.4, 0.5) is 0 Å². The number of hydrogen-bond donors (Lipinski definition) is 3.